The van der Waals surface area contributed by atoms with Crippen molar-refractivity contribution in [2.45, 2.75) is 51.0 Å². The van der Waals surface area contributed by atoms with E-state index in [1.165, 1.54) is 42.7 Å². The first-order valence-electron chi connectivity index (χ1n) is 14.6. The second-order valence-corrected chi connectivity index (χ2v) is 11.4. The fourth-order valence-electron chi connectivity index (χ4n) is 6.51. The lowest BCUT2D eigenvalue weighted by Gasteiger charge is -2.44. The summed E-state index contributed by atoms with van der Waals surface area (Å²) in [7, 11) is 0. The Balaban J connectivity index is 1.25. The first-order chi connectivity index (χ1) is 19.9. The van der Waals surface area contributed by atoms with Crippen molar-refractivity contribution in [3.63, 3.8) is 0 Å². The van der Waals surface area contributed by atoms with Gasteiger partial charge in [-0.05, 0) is 93.0 Å². The van der Waals surface area contributed by atoms with Gasteiger partial charge in [0.15, 0.2) is 0 Å². The molecular weight excluding hydrogens is 519 g/mol. The molecule has 2 bridgehead atoms. The minimum atomic E-state index is -0.413. The van der Waals surface area contributed by atoms with Crippen molar-refractivity contribution in [1.82, 2.24) is 9.88 Å². The molecule has 2 N–H and O–H groups in total. The molecule has 0 radical (unpaired) electrons. The highest BCUT2D eigenvalue weighted by Gasteiger charge is 2.35. The number of rotatable bonds is 7. The maximum Gasteiger partial charge on any atom is 0.255 e. The Labute approximate surface area is 239 Å². The van der Waals surface area contributed by atoms with Crippen LogP contribution in [-0.2, 0) is 6.54 Å². The van der Waals surface area contributed by atoms with Gasteiger partial charge in [0.2, 0.25) is 0 Å². The number of amides is 2. The maximum absolute atomic E-state index is 13.5. The van der Waals surface area contributed by atoms with Gasteiger partial charge in [0.05, 0.1) is 11.4 Å². The Morgan fingerprint density at radius 1 is 0.927 bits per heavy atom. The van der Waals surface area contributed by atoms with Crippen molar-refractivity contribution in [2.24, 2.45) is 5.92 Å². The molecule has 212 valence electrons. The minimum Gasteiger partial charge on any atom is -0.369 e. The number of halogens is 1. The number of hydrogen-bond donors (Lipinski definition) is 2. The molecule has 7 nitrogen and oxygen atoms in total. The van der Waals surface area contributed by atoms with Crippen LogP contribution in [0.1, 0.15) is 70.9 Å². The van der Waals surface area contributed by atoms with Crippen molar-refractivity contribution in [3.05, 3.63) is 105 Å². The van der Waals surface area contributed by atoms with E-state index in [1.54, 1.807) is 18.2 Å². The summed E-state index contributed by atoms with van der Waals surface area (Å²) in [5, 5.41) is 6.03. The Morgan fingerprint density at radius 2 is 1.76 bits per heavy atom. The third-order valence-corrected chi connectivity index (χ3v) is 8.55. The van der Waals surface area contributed by atoms with Crippen molar-refractivity contribution < 1.29 is 14.0 Å². The molecule has 3 aliphatic rings. The van der Waals surface area contributed by atoms with Crippen LogP contribution in [0.15, 0.2) is 77.1 Å². The summed E-state index contributed by atoms with van der Waals surface area (Å²) in [6.07, 6.45) is 8.80. The second kappa shape index (κ2) is 11.7. The van der Waals surface area contributed by atoms with E-state index in [1.807, 2.05) is 22.8 Å². The van der Waals surface area contributed by atoms with Crippen LogP contribution in [0.25, 0.3) is 0 Å². The first-order valence-corrected chi connectivity index (χ1v) is 14.6. The molecule has 1 aliphatic carbocycles. The molecule has 6 rings (SSSR count). The predicted octanol–water partition coefficient (Wildman–Crippen LogP) is 5.48. The quantitative estimate of drug-likeness (QED) is 0.379. The van der Waals surface area contributed by atoms with E-state index >= 15 is 0 Å². The average Bonchev–Trinajstić information content (AvgIpc) is 2.98. The number of benzene rings is 2. The van der Waals surface area contributed by atoms with Crippen molar-refractivity contribution in [3.8, 4) is 0 Å². The normalized spacial score (nSPS) is 19.6. The van der Waals surface area contributed by atoms with E-state index in [9.17, 15) is 18.8 Å². The van der Waals surface area contributed by atoms with Crippen LogP contribution in [0.3, 0.4) is 0 Å². The number of nitrogens with zero attached hydrogens (tertiary/aromatic N) is 2. The van der Waals surface area contributed by atoms with E-state index in [2.05, 4.69) is 21.6 Å². The van der Waals surface area contributed by atoms with Crippen LogP contribution in [0.5, 0.6) is 0 Å². The molecule has 2 amide bonds. The largest absolute Gasteiger partial charge is 0.369 e. The Kier molecular flexibility index (Phi) is 7.72. The van der Waals surface area contributed by atoms with Crippen LogP contribution < -0.4 is 21.1 Å². The van der Waals surface area contributed by atoms with Crippen LogP contribution in [0.4, 0.5) is 15.8 Å². The third kappa shape index (κ3) is 5.97. The topological polar surface area (TPSA) is 83.4 Å². The van der Waals surface area contributed by atoms with Crippen LogP contribution >= 0.6 is 0 Å². The molecule has 2 atom stereocenters. The predicted molar refractivity (Wildman–Crippen MR) is 158 cm³/mol. The van der Waals surface area contributed by atoms with E-state index < -0.39 is 5.82 Å². The summed E-state index contributed by atoms with van der Waals surface area (Å²) in [5.74, 6) is -0.492. The van der Waals surface area contributed by atoms with Crippen LogP contribution in [0, 0.1) is 11.7 Å². The van der Waals surface area contributed by atoms with Gasteiger partial charge in [0.25, 0.3) is 17.4 Å². The number of hydrogen-bond acceptors (Lipinski definition) is 4. The smallest absolute Gasteiger partial charge is 0.255 e. The lowest BCUT2D eigenvalue weighted by Crippen LogP contribution is -2.47. The van der Waals surface area contributed by atoms with E-state index in [4.69, 9.17) is 0 Å². The molecule has 0 spiro atoms. The van der Waals surface area contributed by atoms with E-state index in [0.717, 1.165) is 43.6 Å². The number of anilines is 2. The van der Waals surface area contributed by atoms with Gasteiger partial charge in [-0.2, -0.15) is 0 Å². The zero-order valence-electron chi connectivity index (χ0n) is 23.1. The van der Waals surface area contributed by atoms with Gasteiger partial charge in [0, 0.05) is 55.0 Å². The lowest BCUT2D eigenvalue weighted by molar-refractivity contribution is 0.0952. The first kappa shape index (κ1) is 27.0. The van der Waals surface area contributed by atoms with Crippen molar-refractivity contribution in [2.75, 3.05) is 29.9 Å². The molecule has 1 aromatic heterocycles. The number of allylic oxidation sites excluding steroid dienone is 1. The fraction of sp³-hybridized carbons (Fsp3) is 0.364. The molecule has 2 aliphatic heterocycles. The summed E-state index contributed by atoms with van der Waals surface area (Å²) < 4.78 is 15.4. The van der Waals surface area contributed by atoms with Gasteiger partial charge in [-0.25, -0.2) is 4.39 Å². The maximum atomic E-state index is 13.5. The Bertz CT molecular complexity index is 1540. The molecule has 1 saturated heterocycles. The highest BCUT2D eigenvalue weighted by atomic mass is 19.1. The van der Waals surface area contributed by atoms with Gasteiger partial charge in [-0.1, -0.05) is 17.7 Å². The fourth-order valence-corrected chi connectivity index (χ4v) is 6.51. The molecule has 8 heteroatoms. The highest BCUT2D eigenvalue weighted by Crippen LogP contribution is 2.39. The van der Waals surface area contributed by atoms with E-state index in [0.29, 0.717) is 42.4 Å². The lowest BCUT2D eigenvalue weighted by atomic mass is 9.83. The van der Waals surface area contributed by atoms with Gasteiger partial charge >= 0.3 is 0 Å². The summed E-state index contributed by atoms with van der Waals surface area (Å²) in [6.45, 7) is 2.66. The van der Waals surface area contributed by atoms with Gasteiger partial charge in [-0.3, -0.25) is 14.4 Å². The van der Waals surface area contributed by atoms with Gasteiger partial charge in [-0.15, -0.1) is 0 Å². The molecule has 2 aromatic carbocycles. The number of nitrogens with one attached hydrogen (secondary N) is 2. The van der Waals surface area contributed by atoms with Crippen molar-refractivity contribution in [1.29, 1.82) is 0 Å². The minimum absolute atomic E-state index is 0.0352. The number of fused-ring (bicyclic) bond motifs is 4. The van der Waals surface area contributed by atoms with E-state index in [-0.39, 0.29) is 23.3 Å². The zero-order valence-corrected chi connectivity index (χ0v) is 23.1. The zero-order chi connectivity index (χ0) is 28.3. The molecule has 1 fully saturated rings. The SMILES string of the molecule is O=C(NCCC1=CCCCC1)c1ccc(N2CC3CC(C2)c2cccc(=O)n2C3)c(NC(=O)c2ccc(F)cc2)c1. The number of carbonyl (C=O) groups excluding carboxylic acids is 2. The Morgan fingerprint density at radius 3 is 2.56 bits per heavy atom. The summed E-state index contributed by atoms with van der Waals surface area (Å²) in [5.41, 5.74) is 4.64. The third-order valence-electron chi connectivity index (χ3n) is 8.55. The number of carbonyl (C=O) groups is 2. The molecule has 3 aromatic rings. The highest BCUT2D eigenvalue weighted by molar-refractivity contribution is 6.07. The molecule has 0 saturated carbocycles. The Hall–Kier alpha value is -4.20. The standard InChI is InChI=1S/C33H35FN4O3/c34-27-12-9-24(10-13-27)33(41)36-28-18-25(32(40)35-16-15-22-5-2-1-3-6-22)11-14-30(28)37-19-23-17-26(21-37)29-7-4-8-31(39)38(29)20-23/h4-5,7-14,18,23,26H,1-3,6,15-17,19-21H2,(H,35,40)(H,36,41). The van der Waals surface area contributed by atoms with Gasteiger partial charge in [0.1, 0.15) is 5.82 Å². The average molecular weight is 555 g/mol. The number of piperidine rings is 1. The molecular formula is C33H35FN4O3. The van der Waals surface area contributed by atoms with Gasteiger partial charge < -0.3 is 20.1 Å². The summed E-state index contributed by atoms with van der Waals surface area (Å²) in [6, 6.07) is 16.3. The van der Waals surface area contributed by atoms with Crippen molar-refractivity contribution >= 4 is 23.2 Å². The van der Waals surface area contributed by atoms with Crippen LogP contribution in [0.2, 0.25) is 0 Å². The number of aromatic nitrogens is 1. The molecule has 41 heavy (non-hydrogen) atoms. The summed E-state index contributed by atoms with van der Waals surface area (Å²) >= 11 is 0. The summed E-state index contributed by atoms with van der Waals surface area (Å²) in [4.78, 5) is 41.0. The molecule has 2 unspecified atom stereocenters. The molecule has 3 heterocycles. The number of pyridine rings is 1. The van der Waals surface area contributed by atoms with Crippen LogP contribution in [-0.4, -0.2) is 36.0 Å². The second-order valence-electron chi connectivity index (χ2n) is 11.4. The monoisotopic (exact) mass is 554 g/mol.